The number of fused-ring (bicyclic) bond motifs is 2. The number of amides is 1. The summed E-state index contributed by atoms with van der Waals surface area (Å²) in [6.45, 7) is 0.797. The fourth-order valence-electron chi connectivity index (χ4n) is 2.96. The molecular weight excluding hydrogens is 399 g/mol. The van der Waals surface area contributed by atoms with Crippen molar-refractivity contribution in [2.75, 3.05) is 20.3 Å². The van der Waals surface area contributed by atoms with E-state index in [-0.39, 0.29) is 18.8 Å². The molecule has 0 unspecified atom stereocenters. The molecule has 0 saturated carbocycles. The lowest BCUT2D eigenvalue weighted by Crippen LogP contribution is -2.23. The third-order valence-corrected chi connectivity index (χ3v) is 5.39. The van der Waals surface area contributed by atoms with Gasteiger partial charge in [0, 0.05) is 12.1 Å². The predicted molar refractivity (Wildman–Crippen MR) is 103 cm³/mol. The van der Waals surface area contributed by atoms with Crippen LogP contribution in [0.25, 0.3) is 10.2 Å². The number of ether oxygens (including phenoxy) is 3. The van der Waals surface area contributed by atoms with E-state index in [0.717, 1.165) is 4.70 Å². The van der Waals surface area contributed by atoms with Gasteiger partial charge in [-0.2, -0.15) is 4.99 Å². The minimum atomic E-state index is -0.466. The highest BCUT2D eigenvalue weighted by Crippen LogP contribution is 2.35. The normalized spacial score (nSPS) is 13.5. The highest BCUT2D eigenvalue weighted by molar-refractivity contribution is 7.16. The second-order valence-corrected chi connectivity index (χ2v) is 7.33. The van der Waals surface area contributed by atoms with Crippen LogP contribution in [0.15, 0.2) is 41.4 Å². The predicted octanol–water partition coefficient (Wildman–Crippen LogP) is 2.46. The third kappa shape index (κ3) is 4.14. The lowest BCUT2D eigenvalue weighted by atomic mass is 10.1. The molecule has 4 rings (SSSR count). The summed E-state index contributed by atoms with van der Waals surface area (Å²) in [6.07, 6.45) is 0.0233. The molecule has 0 saturated heterocycles. The largest absolute Gasteiger partial charge is 0.486 e. The number of esters is 1. The minimum absolute atomic E-state index is 0.0233. The number of benzene rings is 2. The number of carbonyl (C=O) groups excluding carboxylic acids is 2. The molecule has 2 aromatic carbocycles. The molecule has 7 nitrogen and oxygen atoms in total. The molecule has 1 aromatic heterocycles. The molecule has 29 heavy (non-hydrogen) atoms. The van der Waals surface area contributed by atoms with Gasteiger partial charge in [0.15, 0.2) is 16.3 Å². The van der Waals surface area contributed by atoms with Crippen molar-refractivity contribution in [1.82, 2.24) is 4.57 Å². The molecule has 1 aliphatic heterocycles. The zero-order chi connectivity index (χ0) is 20.4. The van der Waals surface area contributed by atoms with Crippen molar-refractivity contribution >= 4 is 33.4 Å². The number of carbonyl (C=O) groups is 2. The van der Waals surface area contributed by atoms with Crippen molar-refractivity contribution < 1.29 is 28.2 Å². The van der Waals surface area contributed by atoms with E-state index < -0.39 is 11.9 Å². The Hall–Kier alpha value is -3.20. The average Bonchev–Trinajstić information content (AvgIpc) is 3.03. The fraction of sp³-hybridized carbons (Fsp3) is 0.250. The maximum atomic E-state index is 13.1. The monoisotopic (exact) mass is 416 g/mol. The van der Waals surface area contributed by atoms with Crippen LogP contribution in [0.4, 0.5) is 4.39 Å². The van der Waals surface area contributed by atoms with Crippen molar-refractivity contribution in [2.45, 2.75) is 13.0 Å². The van der Waals surface area contributed by atoms with Crippen LogP contribution < -0.4 is 14.3 Å². The van der Waals surface area contributed by atoms with E-state index >= 15 is 0 Å². The van der Waals surface area contributed by atoms with Crippen LogP contribution in [0.5, 0.6) is 11.5 Å². The number of halogens is 1. The van der Waals surface area contributed by atoms with E-state index in [2.05, 4.69) is 4.99 Å². The Kier molecular flexibility index (Phi) is 5.30. The summed E-state index contributed by atoms with van der Waals surface area (Å²) in [4.78, 5) is 28.9. The van der Waals surface area contributed by atoms with Gasteiger partial charge in [-0.25, -0.2) is 4.39 Å². The smallest absolute Gasteiger partial charge is 0.325 e. The molecule has 0 bridgehead atoms. The number of aromatic nitrogens is 1. The summed E-state index contributed by atoms with van der Waals surface area (Å²) in [5.41, 5.74) is 1.34. The molecule has 0 radical (unpaired) electrons. The van der Waals surface area contributed by atoms with Gasteiger partial charge in [0.05, 0.1) is 23.7 Å². The Labute approximate surface area is 169 Å². The average molecular weight is 416 g/mol. The summed E-state index contributed by atoms with van der Waals surface area (Å²) in [7, 11) is 1.30. The first-order valence-electron chi connectivity index (χ1n) is 8.85. The molecule has 150 valence electrons. The van der Waals surface area contributed by atoms with Crippen LogP contribution in [0.1, 0.15) is 5.56 Å². The number of rotatable bonds is 4. The minimum Gasteiger partial charge on any atom is -0.486 e. The van der Waals surface area contributed by atoms with Crippen LogP contribution in [-0.4, -0.2) is 36.8 Å². The van der Waals surface area contributed by atoms with Gasteiger partial charge in [-0.1, -0.05) is 23.5 Å². The molecule has 1 aliphatic rings. The van der Waals surface area contributed by atoms with Crippen molar-refractivity contribution in [1.29, 1.82) is 0 Å². The molecule has 9 heteroatoms. The van der Waals surface area contributed by atoms with Gasteiger partial charge < -0.3 is 18.8 Å². The van der Waals surface area contributed by atoms with Gasteiger partial charge in [0.1, 0.15) is 25.6 Å². The molecular formula is C20H17FN2O5S. The van der Waals surface area contributed by atoms with E-state index in [1.807, 2.05) is 6.07 Å². The SMILES string of the molecule is COC(=O)Cn1c(=NC(=O)Cc2ccc(F)cc2)sc2cc3c(cc21)OCCO3. The molecule has 0 spiro atoms. The Balaban J connectivity index is 1.75. The summed E-state index contributed by atoms with van der Waals surface area (Å²) < 4.78 is 31.5. The van der Waals surface area contributed by atoms with Gasteiger partial charge in [-0.15, -0.1) is 0 Å². The second-order valence-electron chi connectivity index (χ2n) is 6.32. The second kappa shape index (κ2) is 8.04. The molecule has 1 amide bonds. The zero-order valence-electron chi connectivity index (χ0n) is 15.5. The molecule has 0 N–H and O–H groups in total. The van der Waals surface area contributed by atoms with Crippen molar-refractivity contribution in [3.63, 3.8) is 0 Å². The van der Waals surface area contributed by atoms with Gasteiger partial charge in [0.2, 0.25) is 0 Å². The van der Waals surface area contributed by atoms with Crippen LogP contribution in [0, 0.1) is 5.82 Å². The quantitative estimate of drug-likeness (QED) is 0.611. The Bertz CT molecular complexity index is 1150. The van der Waals surface area contributed by atoms with E-state index in [4.69, 9.17) is 14.2 Å². The lowest BCUT2D eigenvalue weighted by molar-refractivity contribution is -0.141. The van der Waals surface area contributed by atoms with Gasteiger partial charge >= 0.3 is 5.97 Å². The van der Waals surface area contributed by atoms with Gasteiger partial charge in [-0.3, -0.25) is 9.59 Å². The first-order valence-corrected chi connectivity index (χ1v) is 9.67. The van der Waals surface area contributed by atoms with Crippen molar-refractivity contribution in [3.05, 3.63) is 52.6 Å². The van der Waals surface area contributed by atoms with E-state index in [1.165, 1.54) is 30.6 Å². The van der Waals surface area contributed by atoms with Crippen LogP contribution in [0.3, 0.4) is 0 Å². The number of hydrogen-bond donors (Lipinski definition) is 0. The Morgan fingerprint density at radius 1 is 1.17 bits per heavy atom. The fourth-order valence-corrected chi connectivity index (χ4v) is 4.02. The number of hydrogen-bond acceptors (Lipinski definition) is 6. The van der Waals surface area contributed by atoms with Crippen LogP contribution in [-0.2, 0) is 27.3 Å². The Morgan fingerprint density at radius 3 is 2.55 bits per heavy atom. The number of methoxy groups -OCH3 is 1. The van der Waals surface area contributed by atoms with Crippen molar-refractivity contribution in [3.8, 4) is 11.5 Å². The van der Waals surface area contributed by atoms with Gasteiger partial charge in [-0.05, 0) is 17.7 Å². The molecule has 0 atom stereocenters. The molecule has 3 aromatic rings. The molecule has 0 fully saturated rings. The number of thiazole rings is 1. The summed E-state index contributed by atoms with van der Waals surface area (Å²) in [6, 6.07) is 9.25. The van der Waals surface area contributed by atoms with Crippen LogP contribution >= 0.6 is 11.3 Å². The lowest BCUT2D eigenvalue weighted by Gasteiger charge is -2.18. The Morgan fingerprint density at radius 2 is 1.86 bits per heavy atom. The maximum absolute atomic E-state index is 13.1. The zero-order valence-corrected chi connectivity index (χ0v) is 16.3. The first-order chi connectivity index (χ1) is 14.0. The standard InChI is InChI=1S/C20H17FN2O5S/c1-26-19(25)11-23-14-9-15-16(28-7-6-27-15)10-17(14)29-20(23)22-18(24)8-12-2-4-13(21)5-3-12/h2-5,9-10H,6-8,11H2,1H3. The summed E-state index contributed by atoms with van der Waals surface area (Å²) in [5.74, 6) is -0.0539. The van der Waals surface area contributed by atoms with Crippen molar-refractivity contribution in [2.24, 2.45) is 4.99 Å². The highest BCUT2D eigenvalue weighted by atomic mass is 32.1. The van der Waals surface area contributed by atoms with Gasteiger partial charge in [0.25, 0.3) is 5.91 Å². The molecule has 0 aliphatic carbocycles. The number of nitrogens with zero attached hydrogens (tertiary/aromatic N) is 2. The first kappa shape index (κ1) is 19.1. The topological polar surface area (TPSA) is 79.1 Å². The van der Waals surface area contributed by atoms with Crippen LogP contribution in [0.2, 0.25) is 0 Å². The summed E-state index contributed by atoms with van der Waals surface area (Å²) >= 11 is 1.26. The summed E-state index contributed by atoms with van der Waals surface area (Å²) in [5, 5.41) is 0. The highest BCUT2D eigenvalue weighted by Gasteiger charge is 2.18. The molecule has 2 heterocycles. The maximum Gasteiger partial charge on any atom is 0.325 e. The van der Waals surface area contributed by atoms with E-state index in [1.54, 1.807) is 22.8 Å². The van der Waals surface area contributed by atoms with E-state index in [0.29, 0.717) is 40.6 Å². The third-order valence-electron chi connectivity index (χ3n) is 4.35. The van der Waals surface area contributed by atoms with E-state index in [9.17, 15) is 14.0 Å².